The molecule has 4 N–H and O–H groups in total. The van der Waals surface area contributed by atoms with Gasteiger partial charge in [-0.2, -0.15) is 0 Å². The first-order chi connectivity index (χ1) is 7.65. The van der Waals surface area contributed by atoms with Gasteiger partial charge < -0.3 is 15.8 Å². The molecule has 0 aliphatic carbocycles. The van der Waals surface area contributed by atoms with Gasteiger partial charge in [-0.1, -0.05) is 24.3 Å². The number of benzene rings is 1. The van der Waals surface area contributed by atoms with Crippen LogP contribution in [0.1, 0.15) is 12.0 Å². The Balaban J connectivity index is 2.01. The van der Waals surface area contributed by atoms with E-state index >= 15 is 0 Å². The fourth-order valence-electron chi connectivity index (χ4n) is 2.12. The summed E-state index contributed by atoms with van der Waals surface area (Å²) in [4.78, 5) is 2.29. The van der Waals surface area contributed by atoms with Crippen molar-refractivity contribution in [3.63, 3.8) is 0 Å². The van der Waals surface area contributed by atoms with Crippen LogP contribution in [-0.4, -0.2) is 41.2 Å². The topological polar surface area (TPSA) is 69.7 Å². The zero-order valence-corrected chi connectivity index (χ0v) is 9.21. The average molecular weight is 220 g/mol. The van der Waals surface area contributed by atoms with Gasteiger partial charge in [0.25, 0.3) is 0 Å². The van der Waals surface area contributed by atoms with Gasteiger partial charge in [0.1, 0.15) is 0 Å². The van der Waals surface area contributed by atoms with Gasteiger partial charge in [-0.3, -0.25) is 4.90 Å². The van der Waals surface area contributed by atoms with Crippen LogP contribution in [0.25, 0.3) is 0 Å². The summed E-state index contributed by atoms with van der Waals surface area (Å²) < 4.78 is 0. The average Bonchev–Trinajstić information content (AvgIpc) is 2.64. The molecule has 1 aliphatic heterocycles. The fourth-order valence-corrected chi connectivity index (χ4v) is 2.12. The summed E-state index contributed by atoms with van der Waals surface area (Å²) in [6, 6.07) is 7.67. The van der Waals surface area contributed by atoms with Crippen molar-refractivity contribution < 1.29 is 10.0 Å². The molecule has 1 aromatic rings. The maximum absolute atomic E-state index is 9.07. The maximum atomic E-state index is 9.07. The number of hydrogen-bond donors (Lipinski definition) is 3. The largest absolute Gasteiger partial charge is 0.488 e. The highest BCUT2D eigenvalue weighted by molar-refractivity contribution is 6.58. The van der Waals surface area contributed by atoms with E-state index in [2.05, 4.69) is 4.90 Å². The number of nitrogens with two attached hydrogens (primary N) is 1. The molecule has 1 fully saturated rings. The molecule has 4 nitrogen and oxygen atoms in total. The molecule has 0 spiro atoms. The molecule has 1 aromatic carbocycles. The molecule has 0 saturated carbocycles. The normalized spacial score (nSPS) is 21.3. The third-order valence-electron chi connectivity index (χ3n) is 2.96. The van der Waals surface area contributed by atoms with Crippen molar-refractivity contribution in [2.24, 2.45) is 5.73 Å². The Morgan fingerprint density at radius 2 is 2.25 bits per heavy atom. The Morgan fingerprint density at radius 3 is 2.88 bits per heavy atom. The van der Waals surface area contributed by atoms with E-state index in [4.69, 9.17) is 15.8 Å². The monoisotopic (exact) mass is 220 g/mol. The van der Waals surface area contributed by atoms with Crippen molar-refractivity contribution in [2.75, 3.05) is 13.1 Å². The minimum atomic E-state index is -1.39. The van der Waals surface area contributed by atoms with E-state index in [1.165, 1.54) is 0 Å². The van der Waals surface area contributed by atoms with E-state index < -0.39 is 7.12 Å². The molecule has 1 heterocycles. The van der Waals surface area contributed by atoms with E-state index in [-0.39, 0.29) is 6.04 Å². The first-order valence-electron chi connectivity index (χ1n) is 5.58. The minimum absolute atomic E-state index is 0.284. The summed E-state index contributed by atoms with van der Waals surface area (Å²) in [6.45, 7) is 2.77. The third-order valence-corrected chi connectivity index (χ3v) is 2.96. The molecule has 86 valence electrons. The molecule has 1 saturated heterocycles. The molecule has 0 radical (unpaired) electrons. The lowest BCUT2D eigenvalue weighted by Crippen LogP contribution is -2.31. The van der Waals surface area contributed by atoms with Crippen LogP contribution in [0.2, 0.25) is 0 Å². The molecule has 0 bridgehead atoms. The standard InChI is InChI=1S/C11H17BN2O2/c13-11-4-5-14(8-11)7-9-2-1-3-10(6-9)12(15)16/h1-3,6,11,15-16H,4-5,7-8,13H2/t11-/m1/s1. The highest BCUT2D eigenvalue weighted by Gasteiger charge is 2.19. The first-order valence-corrected chi connectivity index (χ1v) is 5.58. The number of nitrogens with zero attached hydrogens (tertiary/aromatic N) is 1. The van der Waals surface area contributed by atoms with Crippen LogP contribution in [0.3, 0.4) is 0 Å². The zero-order valence-electron chi connectivity index (χ0n) is 9.21. The fraction of sp³-hybridized carbons (Fsp3) is 0.455. The van der Waals surface area contributed by atoms with E-state index in [1.807, 2.05) is 18.2 Å². The second-order valence-corrected chi connectivity index (χ2v) is 4.40. The molecule has 0 unspecified atom stereocenters. The Hall–Kier alpha value is -0.875. The quantitative estimate of drug-likeness (QED) is 0.565. The number of rotatable bonds is 3. The molecular formula is C11H17BN2O2. The number of hydrogen-bond acceptors (Lipinski definition) is 4. The Labute approximate surface area is 95.8 Å². The van der Waals surface area contributed by atoms with Crippen molar-refractivity contribution in [1.82, 2.24) is 4.90 Å². The predicted molar refractivity (Wildman–Crippen MR) is 64.1 cm³/mol. The lowest BCUT2D eigenvalue weighted by molar-refractivity contribution is 0.327. The van der Waals surface area contributed by atoms with Crippen molar-refractivity contribution in [2.45, 2.75) is 19.0 Å². The zero-order chi connectivity index (χ0) is 11.5. The van der Waals surface area contributed by atoms with E-state index in [1.54, 1.807) is 6.07 Å². The Kier molecular flexibility index (Phi) is 3.61. The van der Waals surface area contributed by atoms with Gasteiger partial charge >= 0.3 is 7.12 Å². The van der Waals surface area contributed by atoms with Crippen LogP contribution in [0.5, 0.6) is 0 Å². The van der Waals surface area contributed by atoms with Crippen LogP contribution in [-0.2, 0) is 6.54 Å². The lowest BCUT2D eigenvalue weighted by Gasteiger charge is -2.15. The van der Waals surface area contributed by atoms with Crippen LogP contribution >= 0.6 is 0 Å². The molecule has 5 heteroatoms. The molecule has 0 aromatic heterocycles. The summed E-state index contributed by atoms with van der Waals surface area (Å²) in [5.74, 6) is 0. The van der Waals surface area contributed by atoms with Crippen LogP contribution in [0.4, 0.5) is 0 Å². The molecule has 1 atom stereocenters. The van der Waals surface area contributed by atoms with Crippen LogP contribution in [0, 0.1) is 0 Å². The first kappa shape index (κ1) is 11.6. The van der Waals surface area contributed by atoms with Gasteiger partial charge in [-0.05, 0) is 17.4 Å². The van der Waals surface area contributed by atoms with Crippen molar-refractivity contribution in [3.05, 3.63) is 29.8 Å². The lowest BCUT2D eigenvalue weighted by atomic mass is 9.79. The predicted octanol–water partition coefficient (Wildman–Crippen LogP) is -1.10. The second-order valence-electron chi connectivity index (χ2n) is 4.40. The molecule has 2 rings (SSSR count). The smallest absolute Gasteiger partial charge is 0.423 e. The van der Waals surface area contributed by atoms with Gasteiger partial charge in [-0.25, -0.2) is 0 Å². The highest BCUT2D eigenvalue weighted by atomic mass is 16.4. The highest BCUT2D eigenvalue weighted by Crippen LogP contribution is 2.11. The minimum Gasteiger partial charge on any atom is -0.423 e. The summed E-state index contributed by atoms with van der Waals surface area (Å²) in [5.41, 5.74) is 7.47. The summed E-state index contributed by atoms with van der Waals surface area (Å²) in [5, 5.41) is 18.1. The van der Waals surface area contributed by atoms with Crippen LogP contribution in [0.15, 0.2) is 24.3 Å². The van der Waals surface area contributed by atoms with E-state index in [9.17, 15) is 0 Å². The maximum Gasteiger partial charge on any atom is 0.488 e. The van der Waals surface area contributed by atoms with Gasteiger partial charge in [0.05, 0.1) is 0 Å². The van der Waals surface area contributed by atoms with Crippen molar-refractivity contribution in [1.29, 1.82) is 0 Å². The summed E-state index contributed by atoms with van der Waals surface area (Å²) >= 11 is 0. The SMILES string of the molecule is N[C@@H]1CCN(Cc2cccc(B(O)O)c2)C1. The Bertz CT molecular complexity index is 360. The van der Waals surface area contributed by atoms with Crippen LogP contribution < -0.4 is 11.2 Å². The van der Waals surface area contributed by atoms with Gasteiger partial charge in [-0.15, -0.1) is 0 Å². The molecule has 16 heavy (non-hydrogen) atoms. The van der Waals surface area contributed by atoms with Gasteiger partial charge in [0.2, 0.25) is 0 Å². The van der Waals surface area contributed by atoms with E-state index in [0.717, 1.165) is 31.6 Å². The second kappa shape index (κ2) is 4.97. The number of likely N-dealkylation sites (tertiary alicyclic amines) is 1. The third kappa shape index (κ3) is 2.83. The molecule has 1 aliphatic rings. The molecular weight excluding hydrogens is 203 g/mol. The van der Waals surface area contributed by atoms with Crippen molar-refractivity contribution in [3.8, 4) is 0 Å². The van der Waals surface area contributed by atoms with Crippen molar-refractivity contribution >= 4 is 12.6 Å². The summed E-state index contributed by atoms with van der Waals surface area (Å²) in [6.07, 6.45) is 1.04. The molecule has 0 amide bonds. The Morgan fingerprint density at radius 1 is 1.44 bits per heavy atom. The summed E-state index contributed by atoms with van der Waals surface area (Å²) in [7, 11) is -1.39. The van der Waals surface area contributed by atoms with E-state index in [0.29, 0.717) is 5.46 Å². The van der Waals surface area contributed by atoms with Gasteiger partial charge in [0.15, 0.2) is 0 Å². The van der Waals surface area contributed by atoms with Gasteiger partial charge in [0, 0.05) is 25.7 Å².